The molecule has 4 unspecified atom stereocenters. The van der Waals surface area contributed by atoms with Crippen molar-refractivity contribution in [3.63, 3.8) is 0 Å². The molecule has 3 aliphatic carbocycles. The summed E-state index contributed by atoms with van der Waals surface area (Å²) in [6, 6.07) is 0. The lowest BCUT2D eigenvalue weighted by Crippen LogP contribution is -2.38. The quantitative estimate of drug-likeness (QED) is 0.290. The molecule has 3 saturated carbocycles. The highest BCUT2D eigenvalue weighted by atomic mass is 32.2. The van der Waals surface area contributed by atoms with E-state index in [1.54, 1.807) is 6.92 Å². The van der Waals surface area contributed by atoms with E-state index < -0.39 is 20.8 Å². The Bertz CT molecular complexity index is 739. The summed E-state index contributed by atoms with van der Waals surface area (Å²) in [6.07, 6.45) is 15.0. The van der Waals surface area contributed by atoms with Gasteiger partial charge in [0.1, 0.15) is 20.6 Å². The van der Waals surface area contributed by atoms with Crippen LogP contribution in [0, 0.1) is 16.7 Å². The highest BCUT2D eigenvalue weighted by Gasteiger charge is 2.67. The second-order valence-electron chi connectivity index (χ2n) is 10.6. The van der Waals surface area contributed by atoms with Gasteiger partial charge in [-0.15, -0.1) is 0 Å². The van der Waals surface area contributed by atoms with Crippen LogP contribution in [0.2, 0.25) is 0 Å². The molecule has 0 amide bonds. The van der Waals surface area contributed by atoms with Gasteiger partial charge in [0.25, 0.3) is 0 Å². The average Bonchev–Trinajstić information content (AvgIpc) is 3.01. The number of Topliss-reactive ketones (excluding diaryl/α,β-unsaturated/α-hetero) is 2. The first-order valence-electron chi connectivity index (χ1n) is 12.0. The van der Waals surface area contributed by atoms with E-state index in [4.69, 9.17) is 0 Å². The molecule has 3 fully saturated rings. The first-order valence-corrected chi connectivity index (χ1v) is 15.3. The number of hydrogen-bond donors (Lipinski definition) is 0. The van der Waals surface area contributed by atoms with E-state index in [-0.39, 0.29) is 17.1 Å². The summed E-state index contributed by atoms with van der Waals surface area (Å²) in [4.78, 5) is 23.7. The Kier molecular flexibility index (Phi) is 9.26. The summed E-state index contributed by atoms with van der Waals surface area (Å²) in [5.74, 6) is 0.732. The van der Waals surface area contributed by atoms with E-state index in [9.17, 15) is 22.6 Å². The van der Waals surface area contributed by atoms with Crippen molar-refractivity contribution in [2.45, 2.75) is 109 Å². The van der Waals surface area contributed by atoms with E-state index in [1.165, 1.54) is 44.9 Å². The monoisotopic (exact) mass is 474 g/mol. The highest BCUT2D eigenvalue weighted by molar-refractivity contribution is 7.97. The Hall–Kier alpha value is -0.400. The fraction of sp³-hybridized carbons (Fsp3) is 0.917. The van der Waals surface area contributed by atoms with Crippen LogP contribution in [0.5, 0.6) is 0 Å². The van der Waals surface area contributed by atoms with Crippen molar-refractivity contribution in [3.8, 4) is 0 Å². The van der Waals surface area contributed by atoms with Crippen LogP contribution in [0.3, 0.4) is 0 Å². The maximum absolute atomic E-state index is 12.0. The molecule has 0 saturated heterocycles. The molecule has 5 nitrogen and oxygen atoms in total. The first-order chi connectivity index (χ1) is 14.4. The Balaban J connectivity index is 0.000000220. The van der Waals surface area contributed by atoms with Crippen LogP contribution in [-0.2, 0) is 30.6 Å². The van der Waals surface area contributed by atoms with Gasteiger partial charge in [0.15, 0.2) is 17.3 Å². The standard InChI is InChI=1S/C14H27OS.C10H16O4S/c1-3-4-6-9-13(15)12-16(2)14-10-7-5-8-11-14;1-9(2)6-4-5-10(9,3)8(11)7(6)15(12,13)14/h14H,3-12H2,1-2H3;6-7H,4-5H2,1-3H3,(H,12,13,14)/q+1;/p-1. The fourth-order valence-corrected chi connectivity index (χ4v) is 9.25. The van der Waals surface area contributed by atoms with E-state index >= 15 is 0 Å². The molecule has 0 heterocycles. The third-order valence-corrected chi connectivity index (χ3v) is 11.9. The minimum atomic E-state index is -4.49. The van der Waals surface area contributed by atoms with Gasteiger partial charge in [0.2, 0.25) is 0 Å². The van der Waals surface area contributed by atoms with Crippen molar-refractivity contribution in [3.05, 3.63) is 0 Å². The second kappa shape index (κ2) is 10.7. The van der Waals surface area contributed by atoms with Gasteiger partial charge in [0, 0.05) is 11.8 Å². The normalized spacial score (nSPS) is 31.2. The molecule has 4 atom stereocenters. The largest absolute Gasteiger partial charge is 0.747 e. The summed E-state index contributed by atoms with van der Waals surface area (Å²) < 4.78 is 33.3. The molecule has 0 aromatic heterocycles. The maximum Gasteiger partial charge on any atom is 0.181 e. The molecule has 2 bridgehead atoms. The highest BCUT2D eigenvalue weighted by Crippen LogP contribution is 2.64. The molecule has 0 spiro atoms. The van der Waals surface area contributed by atoms with Crippen molar-refractivity contribution in [1.29, 1.82) is 0 Å². The number of rotatable bonds is 8. The van der Waals surface area contributed by atoms with E-state index in [1.807, 2.05) is 13.8 Å². The zero-order valence-electron chi connectivity index (χ0n) is 20.1. The zero-order chi connectivity index (χ0) is 23.4. The number of ketones is 2. The van der Waals surface area contributed by atoms with E-state index in [2.05, 4.69) is 13.2 Å². The van der Waals surface area contributed by atoms with Gasteiger partial charge in [-0.3, -0.25) is 9.59 Å². The summed E-state index contributed by atoms with van der Waals surface area (Å²) in [5.41, 5.74) is -0.994. The van der Waals surface area contributed by atoms with Crippen LogP contribution in [0.25, 0.3) is 0 Å². The molecule has 0 aromatic carbocycles. The summed E-state index contributed by atoms with van der Waals surface area (Å²) in [7, 11) is -4.13. The summed E-state index contributed by atoms with van der Waals surface area (Å²) >= 11 is 0. The molecular weight excluding hydrogens is 432 g/mol. The van der Waals surface area contributed by atoms with Crippen LogP contribution in [0.1, 0.15) is 98.3 Å². The van der Waals surface area contributed by atoms with Gasteiger partial charge in [-0.2, -0.15) is 0 Å². The molecule has 0 N–H and O–H groups in total. The van der Waals surface area contributed by atoms with Gasteiger partial charge in [0.05, 0.1) is 6.26 Å². The number of carbonyl (C=O) groups excluding carboxylic acids is 2. The van der Waals surface area contributed by atoms with E-state index in [0.29, 0.717) is 29.5 Å². The van der Waals surface area contributed by atoms with Crippen LogP contribution < -0.4 is 0 Å². The first kappa shape index (κ1) is 26.8. The van der Waals surface area contributed by atoms with Crippen molar-refractivity contribution < 1.29 is 22.6 Å². The minimum absolute atomic E-state index is 0.294. The van der Waals surface area contributed by atoms with Crippen LogP contribution in [0.4, 0.5) is 0 Å². The van der Waals surface area contributed by atoms with Crippen molar-refractivity contribution in [1.82, 2.24) is 0 Å². The smallest absolute Gasteiger partial charge is 0.181 e. The average molecular weight is 475 g/mol. The predicted octanol–water partition coefficient (Wildman–Crippen LogP) is 4.64. The van der Waals surface area contributed by atoms with E-state index in [0.717, 1.165) is 23.8 Å². The molecular formula is C24H42O5S2. The van der Waals surface area contributed by atoms with Crippen LogP contribution in [-0.4, -0.2) is 47.0 Å². The lowest BCUT2D eigenvalue weighted by Gasteiger charge is -2.32. The number of hydrogen-bond acceptors (Lipinski definition) is 5. The molecule has 3 aliphatic rings. The minimum Gasteiger partial charge on any atom is -0.747 e. The van der Waals surface area contributed by atoms with Crippen LogP contribution >= 0.6 is 0 Å². The molecule has 31 heavy (non-hydrogen) atoms. The van der Waals surface area contributed by atoms with Crippen molar-refractivity contribution in [2.75, 3.05) is 12.0 Å². The SMILES string of the molecule is CC12CCC(C(S(=O)(=O)[O-])C1=O)C2(C)C.CCCCCC(=O)C[S+](C)C1CCCCC1. The van der Waals surface area contributed by atoms with Crippen LogP contribution in [0.15, 0.2) is 0 Å². The van der Waals surface area contributed by atoms with Gasteiger partial charge >= 0.3 is 0 Å². The zero-order valence-corrected chi connectivity index (χ0v) is 21.7. The van der Waals surface area contributed by atoms with Crippen molar-refractivity contribution >= 4 is 32.6 Å². The number of fused-ring (bicyclic) bond motifs is 2. The molecule has 0 aromatic rings. The summed E-state index contributed by atoms with van der Waals surface area (Å²) in [5, 5.41) is -0.435. The van der Waals surface area contributed by atoms with Crippen molar-refractivity contribution in [2.24, 2.45) is 16.7 Å². The third kappa shape index (κ3) is 5.94. The summed E-state index contributed by atoms with van der Waals surface area (Å²) in [6.45, 7) is 7.78. The second-order valence-corrected chi connectivity index (χ2v) is 14.4. The fourth-order valence-electron chi connectivity index (χ4n) is 5.82. The topological polar surface area (TPSA) is 91.3 Å². The van der Waals surface area contributed by atoms with Gasteiger partial charge < -0.3 is 4.55 Å². The maximum atomic E-state index is 12.0. The molecule has 0 radical (unpaired) electrons. The molecule has 3 rings (SSSR count). The van der Waals surface area contributed by atoms with Gasteiger partial charge in [-0.1, -0.05) is 47.0 Å². The Labute approximate surface area is 192 Å². The number of unbranched alkanes of at least 4 members (excludes halogenated alkanes) is 2. The Morgan fingerprint density at radius 1 is 1.10 bits per heavy atom. The molecule has 7 heteroatoms. The molecule has 180 valence electrons. The number of carbonyl (C=O) groups is 2. The van der Waals surface area contributed by atoms with Gasteiger partial charge in [-0.05, 0) is 67.2 Å². The molecule has 0 aliphatic heterocycles. The lowest BCUT2D eigenvalue weighted by atomic mass is 9.70. The predicted molar refractivity (Wildman–Crippen MR) is 127 cm³/mol. The Morgan fingerprint density at radius 2 is 1.71 bits per heavy atom. The Morgan fingerprint density at radius 3 is 2.16 bits per heavy atom. The van der Waals surface area contributed by atoms with Gasteiger partial charge in [-0.25, -0.2) is 8.42 Å². The lowest BCUT2D eigenvalue weighted by molar-refractivity contribution is -0.128. The third-order valence-electron chi connectivity index (χ3n) is 8.35.